The number of hydrogen-bond acceptors (Lipinski definition) is 8. The maximum atomic E-state index is 13.8. The zero-order valence-electron chi connectivity index (χ0n) is 19.3. The van der Waals surface area contributed by atoms with Gasteiger partial charge >= 0.3 is 5.97 Å². The highest BCUT2D eigenvalue weighted by atomic mass is 19.1. The summed E-state index contributed by atoms with van der Waals surface area (Å²) in [6, 6.07) is 9.66. The molecule has 34 heavy (non-hydrogen) atoms. The molecule has 8 nitrogen and oxygen atoms in total. The smallest absolute Gasteiger partial charge is 0.303 e. The van der Waals surface area contributed by atoms with Crippen LogP contribution in [0.2, 0.25) is 0 Å². The molecule has 0 aliphatic carbocycles. The van der Waals surface area contributed by atoms with E-state index < -0.39 is 54.4 Å². The topological polar surface area (TPSA) is 119 Å². The van der Waals surface area contributed by atoms with Gasteiger partial charge < -0.3 is 24.4 Å². The van der Waals surface area contributed by atoms with Gasteiger partial charge in [0.05, 0.1) is 0 Å². The monoisotopic (exact) mass is 478 g/mol. The Balaban J connectivity index is 1.79. The van der Waals surface area contributed by atoms with E-state index in [0.29, 0.717) is 12.0 Å². The van der Waals surface area contributed by atoms with Crippen LogP contribution in [0, 0.1) is 5.92 Å². The number of carbonyl (C=O) groups is 3. The predicted octanol–water partition coefficient (Wildman–Crippen LogP) is 1.85. The number of rotatable bonds is 11. The van der Waals surface area contributed by atoms with Crippen LogP contribution in [0.5, 0.6) is 0 Å². The normalized spacial score (nSPS) is 34.1. The first-order chi connectivity index (χ1) is 16.1. The number of benzene rings is 1. The number of aldehydes is 2. The molecule has 7 atom stereocenters. The molecule has 0 amide bonds. The van der Waals surface area contributed by atoms with Gasteiger partial charge in [-0.1, -0.05) is 43.8 Å². The largest absolute Gasteiger partial charge is 0.458 e. The Bertz CT molecular complexity index is 923. The highest BCUT2D eigenvalue weighted by molar-refractivity contribution is 5.80. The second-order valence-electron chi connectivity index (χ2n) is 9.20. The average Bonchev–Trinajstić information content (AvgIpc) is 3.08. The fourth-order valence-electron chi connectivity index (χ4n) is 4.93. The molecule has 3 rings (SSSR count). The van der Waals surface area contributed by atoms with Gasteiger partial charge in [0.25, 0.3) is 0 Å². The van der Waals surface area contributed by atoms with Crippen molar-refractivity contribution >= 4 is 18.5 Å². The van der Waals surface area contributed by atoms with Gasteiger partial charge in [-0.15, -0.1) is 0 Å². The van der Waals surface area contributed by atoms with Gasteiger partial charge in [-0.25, -0.2) is 4.39 Å². The Labute approximate surface area is 197 Å². The quantitative estimate of drug-likeness (QED) is 0.281. The van der Waals surface area contributed by atoms with Crippen molar-refractivity contribution in [3.05, 3.63) is 48.0 Å². The SMILES string of the molecule is C=C(CCC12OC(CF)C(O)(C=O)C(C=O)(C[C@H]1O)O2)C(OC(C)=O)C(C)Cc1ccccc1. The molecule has 2 aliphatic rings. The van der Waals surface area contributed by atoms with Gasteiger partial charge in [0, 0.05) is 25.7 Å². The van der Waals surface area contributed by atoms with E-state index in [1.807, 2.05) is 37.3 Å². The molecular weight excluding hydrogens is 447 g/mol. The molecule has 2 heterocycles. The molecule has 0 spiro atoms. The number of aliphatic hydroxyl groups excluding tert-OH is 1. The molecule has 0 radical (unpaired) electrons. The molecule has 186 valence electrons. The lowest BCUT2D eigenvalue weighted by atomic mass is 9.78. The van der Waals surface area contributed by atoms with Crippen molar-refractivity contribution in [2.75, 3.05) is 6.67 Å². The predicted molar refractivity (Wildman–Crippen MR) is 118 cm³/mol. The summed E-state index contributed by atoms with van der Waals surface area (Å²) in [6.45, 7) is 6.01. The van der Waals surface area contributed by atoms with E-state index >= 15 is 0 Å². The molecule has 2 aliphatic heterocycles. The molecule has 1 aromatic carbocycles. The summed E-state index contributed by atoms with van der Waals surface area (Å²) < 4.78 is 30.6. The van der Waals surface area contributed by atoms with Crippen molar-refractivity contribution in [3.8, 4) is 0 Å². The van der Waals surface area contributed by atoms with E-state index in [1.54, 1.807) is 0 Å². The molecular formula is C25H31FO8. The molecule has 2 fully saturated rings. The molecule has 1 aromatic rings. The van der Waals surface area contributed by atoms with Crippen LogP contribution in [0.25, 0.3) is 0 Å². The van der Waals surface area contributed by atoms with E-state index in [2.05, 4.69) is 6.58 Å². The van der Waals surface area contributed by atoms with Crippen LogP contribution in [-0.2, 0) is 35.0 Å². The maximum Gasteiger partial charge on any atom is 0.303 e. The second kappa shape index (κ2) is 10.0. The van der Waals surface area contributed by atoms with E-state index in [9.17, 15) is 29.0 Å². The summed E-state index contributed by atoms with van der Waals surface area (Å²) in [7, 11) is 0. The Morgan fingerprint density at radius 3 is 2.56 bits per heavy atom. The standard InChI is InChI=1S/C25H31FO8/c1-16(22(32-18(3)29)17(2)11-19-7-5-4-6-8-19)9-10-25-20(30)12-23(14-27,34-25)24(31,15-28)21(13-26)33-25/h4-8,14-15,17,20-22,30-31H,1,9-13H2,2-3H3/t17?,20-,21?,22?,23?,24?,25?/m1/s1. The number of hydrogen-bond donors (Lipinski definition) is 2. The van der Waals surface area contributed by atoms with E-state index in [-0.39, 0.29) is 31.3 Å². The van der Waals surface area contributed by atoms with Gasteiger partial charge in [0.15, 0.2) is 29.6 Å². The number of alkyl halides is 1. The number of carbonyl (C=O) groups excluding carboxylic acids is 3. The third-order valence-corrected chi connectivity index (χ3v) is 6.79. The third kappa shape index (κ3) is 4.57. The zero-order valence-corrected chi connectivity index (χ0v) is 19.3. The first-order valence-electron chi connectivity index (χ1n) is 11.2. The molecule has 2 bridgehead atoms. The van der Waals surface area contributed by atoms with E-state index in [4.69, 9.17) is 14.2 Å². The van der Waals surface area contributed by atoms with Gasteiger partial charge in [-0.05, 0) is 24.0 Å². The van der Waals surface area contributed by atoms with Gasteiger partial charge in [-0.2, -0.15) is 0 Å². The molecule has 0 saturated carbocycles. The summed E-state index contributed by atoms with van der Waals surface area (Å²) in [4.78, 5) is 35.3. The number of esters is 1. The summed E-state index contributed by atoms with van der Waals surface area (Å²) in [6.07, 6.45) is -3.28. The molecule has 9 heteroatoms. The van der Waals surface area contributed by atoms with E-state index in [1.165, 1.54) is 6.92 Å². The third-order valence-electron chi connectivity index (χ3n) is 6.79. The number of fused-ring (bicyclic) bond motifs is 2. The maximum absolute atomic E-state index is 13.8. The van der Waals surface area contributed by atoms with Gasteiger partial charge in [0.2, 0.25) is 0 Å². The van der Waals surface area contributed by atoms with Gasteiger partial charge in [-0.3, -0.25) is 14.4 Å². The van der Waals surface area contributed by atoms with Crippen LogP contribution < -0.4 is 0 Å². The first kappa shape index (κ1) is 26.2. The first-order valence-corrected chi connectivity index (χ1v) is 11.2. The van der Waals surface area contributed by atoms with E-state index in [0.717, 1.165) is 5.56 Å². The van der Waals surface area contributed by atoms with Crippen LogP contribution >= 0.6 is 0 Å². The summed E-state index contributed by atoms with van der Waals surface area (Å²) >= 11 is 0. The Kier molecular flexibility index (Phi) is 7.72. The van der Waals surface area contributed by atoms with Crippen LogP contribution in [0.1, 0.15) is 38.7 Å². The Hall–Kier alpha value is -2.46. The summed E-state index contributed by atoms with van der Waals surface area (Å²) in [5, 5.41) is 21.4. The molecule has 6 unspecified atom stereocenters. The lowest BCUT2D eigenvalue weighted by Gasteiger charge is -2.49. The van der Waals surface area contributed by atoms with Crippen LogP contribution in [0.3, 0.4) is 0 Å². The lowest BCUT2D eigenvalue weighted by molar-refractivity contribution is -0.369. The zero-order chi connectivity index (χ0) is 25.1. The van der Waals surface area contributed by atoms with Crippen LogP contribution in [0.4, 0.5) is 4.39 Å². The average molecular weight is 479 g/mol. The number of aliphatic hydroxyl groups is 2. The summed E-state index contributed by atoms with van der Waals surface area (Å²) in [5.41, 5.74) is -3.14. The van der Waals surface area contributed by atoms with Crippen molar-refractivity contribution in [1.29, 1.82) is 0 Å². The van der Waals surface area contributed by atoms with Crippen molar-refractivity contribution in [3.63, 3.8) is 0 Å². The number of ether oxygens (including phenoxy) is 3. The highest BCUT2D eigenvalue weighted by Crippen LogP contribution is 2.52. The van der Waals surface area contributed by atoms with Crippen molar-refractivity contribution < 1.29 is 43.2 Å². The second-order valence-corrected chi connectivity index (χ2v) is 9.20. The fraction of sp³-hybridized carbons (Fsp3) is 0.560. The van der Waals surface area contributed by atoms with Crippen LogP contribution in [-0.4, -0.2) is 70.7 Å². The minimum Gasteiger partial charge on any atom is -0.458 e. The summed E-state index contributed by atoms with van der Waals surface area (Å²) in [5.74, 6) is -2.45. The van der Waals surface area contributed by atoms with Crippen molar-refractivity contribution in [1.82, 2.24) is 0 Å². The highest BCUT2D eigenvalue weighted by Gasteiger charge is 2.73. The van der Waals surface area contributed by atoms with Gasteiger partial charge in [0.1, 0.15) is 25.0 Å². The van der Waals surface area contributed by atoms with Crippen molar-refractivity contribution in [2.45, 2.75) is 74.8 Å². The fourth-order valence-corrected chi connectivity index (χ4v) is 4.93. The lowest BCUT2D eigenvalue weighted by Crippen LogP contribution is -2.70. The minimum absolute atomic E-state index is 0.0224. The molecule has 2 N–H and O–H groups in total. The van der Waals surface area contributed by atoms with Crippen molar-refractivity contribution in [2.24, 2.45) is 5.92 Å². The molecule has 0 aromatic heterocycles. The molecule has 2 saturated heterocycles. The van der Waals surface area contributed by atoms with Crippen LogP contribution in [0.15, 0.2) is 42.5 Å². The number of halogens is 1. The Morgan fingerprint density at radius 2 is 2.00 bits per heavy atom. The minimum atomic E-state index is -2.58. The Morgan fingerprint density at radius 1 is 1.32 bits per heavy atom.